The molecule has 2 heterocycles. The van der Waals surface area contributed by atoms with Gasteiger partial charge >= 0.3 is 0 Å². The molecule has 1 aliphatic carbocycles. The Kier molecular flexibility index (Phi) is 2.61. The normalized spacial score (nSPS) is 39.6. The van der Waals surface area contributed by atoms with Crippen molar-refractivity contribution < 1.29 is 9.53 Å². The molecule has 2 fully saturated rings. The predicted octanol–water partition coefficient (Wildman–Crippen LogP) is 3.22. The molecule has 0 N–H and O–H groups in total. The van der Waals surface area contributed by atoms with E-state index in [1.54, 1.807) is 11.8 Å². The maximum Gasteiger partial charge on any atom is 0.155 e. The van der Waals surface area contributed by atoms with Gasteiger partial charge in [0, 0.05) is 4.90 Å². The Morgan fingerprint density at radius 1 is 1.26 bits per heavy atom. The maximum atomic E-state index is 12.7. The Morgan fingerprint density at radius 2 is 2.11 bits per heavy atom. The summed E-state index contributed by atoms with van der Waals surface area (Å²) >= 11 is 1.65. The number of Topliss-reactive ketones (excluding diaryl/α,β-unsaturated/α-hetero) is 1. The second-order valence-corrected chi connectivity index (χ2v) is 6.81. The SMILES string of the molecule is O=C1C(Sc2ccccc2)[C@@H]2C=C[C@@]3(CCC[C@@H]13)O2. The molecule has 2 bridgehead atoms. The number of ether oxygens (including phenoxy) is 1. The van der Waals surface area contributed by atoms with E-state index in [2.05, 4.69) is 24.3 Å². The number of carbonyl (C=O) groups excluding carboxylic acids is 1. The van der Waals surface area contributed by atoms with Crippen LogP contribution in [-0.4, -0.2) is 22.7 Å². The quantitative estimate of drug-likeness (QED) is 0.773. The lowest BCUT2D eigenvalue weighted by molar-refractivity contribution is -0.144. The Hall–Kier alpha value is -1.06. The smallest absolute Gasteiger partial charge is 0.155 e. The largest absolute Gasteiger partial charge is 0.361 e. The van der Waals surface area contributed by atoms with Gasteiger partial charge in [-0.2, -0.15) is 0 Å². The topological polar surface area (TPSA) is 26.3 Å². The van der Waals surface area contributed by atoms with E-state index < -0.39 is 0 Å². The summed E-state index contributed by atoms with van der Waals surface area (Å²) < 4.78 is 6.21. The molecular formula is C16H16O2S. The molecule has 1 unspecified atom stereocenters. The van der Waals surface area contributed by atoms with Crippen LogP contribution in [0, 0.1) is 5.92 Å². The summed E-state index contributed by atoms with van der Waals surface area (Å²) in [4.78, 5) is 13.9. The second kappa shape index (κ2) is 4.22. The minimum atomic E-state index is -0.241. The number of hydrogen-bond acceptors (Lipinski definition) is 3. The van der Waals surface area contributed by atoms with Crippen molar-refractivity contribution >= 4 is 17.5 Å². The molecule has 19 heavy (non-hydrogen) atoms. The Bertz CT molecular complexity index is 539. The first kappa shape index (κ1) is 11.7. The summed E-state index contributed by atoms with van der Waals surface area (Å²) in [7, 11) is 0. The number of rotatable bonds is 2. The molecule has 1 saturated carbocycles. The summed E-state index contributed by atoms with van der Waals surface area (Å²) in [6.45, 7) is 0. The fourth-order valence-corrected chi connectivity index (χ4v) is 4.78. The molecule has 4 atom stereocenters. The molecule has 98 valence electrons. The van der Waals surface area contributed by atoms with Crippen LogP contribution >= 0.6 is 11.8 Å². The average Bonchev–Trinajstić information content (AvgIpc) is 3.03. The number of fused-ring (bicyclic) bond motifs is 1. The molecule has 1 spiro atoms. The molecule has 2 aliphatic heterocycles. The number of hydrogen-bond donors (Lipinski definition) is 0. The summed E-state index contributed by atoms with van der Waals surface area (Å²) in [5.41, 5.74) is -0.241. The van der Waals surface area contributed by atoms with Crippen molar-refractivity contribution in [2.45, 2.75) is 41.1 Å². The highest BCUT2D eigenvalue weighted by molar-refractivity contribution is 8.00. The third kappa shape index (κ3) is 1.72. The monoisotopic (exact) mass is 272 g/mol. The Labute approximate surface area is 117 Å². The average molecular weight is 272 g/mol. The minimum absolute atomic E-state index is 0.0351. The van der Waals surface area contributed by atoms with E-state index in [0.717, 1.165) is 24.2 Å². The zero-order chi connectivity index (χ0) is 12.9. The van der Waals surface area contributed by atoms with Crippen LogP contribution in [0.5, 0.6) is 0 Å². The summed E-state index contributed by atoms with van der Waals surface area (Å²) in [6, 6.07) is 10.2. The molecule has 0 radical (unpaired) electrons. The fourth-order valence-electron chi connectivity index (χ4n) is 3.61. The Morgan fingerprint density at radius 3 is 2.95 bits per heavy atom. The third-order valence-corrected chi connectivity index (χ3v) is 5.80. The maximum absolute atomic E-state index is 12.7. The van der Waals surface area contributed by atoms with E-state index in [9.17, 15) is 4.79 Å². The third-order valence-electron chi connectivity index (χ3n) is 4.50. The summed E-state index contributed by atoms with van der Waals surface area (Å²) in [6.07, 6.45) is 7.35. The molecule has 1 aromatic carbocycles. The van der Waals surface area contributed by atoms with Crippen LogP contribution < -0.4 is 0 Å². The molecule has 3 heteroatoms. The van der Waals surface area contributed by atoms with E-state index in [-0.39, 0.29) is 22.9 Å². The van der Waals surface area contributed by atoms with Gasteiger partial charge in [0.2, 0.25) is 0 Å². The van der Waals surface area contributed by atoms with Gasteiger partial charge in [-0.25, -0.2) is 0 Å². The van der Waals surface area contributed by atoms with Crippen molar-refractivity contribution in [2.75, 3.05) is 0 Å². The van der Waals surface area contributed by atoms with Crippen molar-refractivity contribution in [2.24, 2.45) is 5.92 Å². The lowest BCUT2D eigenvalue weighted by Crippen LogP contribution is -2.50. The zero-order valence-corrected chi connectivity index (χ0v) is 11.4. The van der Waals surface area contributed by atoms with Gasteiger partial charge in [0.15, 0.2) is 5.78 Å². The van der Waals surface area contributed by atoms with Gasteiger partial charge in [0.05, 0.1) is 22.9 Å². The molecule has 4 rings (SSSR count). The van der Waals surface area contributed by atoms with E-state index in [4.69, 9.17) is 4.74 Å². The number of carbonyl (C=O) groups is 1. The van der Waals surface area contributed by atoms with Crippen molar-refractivity contribution in [1.82, 2.24) is 0 Å². The predicted molar refractivity (Wildman–Crippen MR) is 75.2 cm³/mol. The summed E-state index contributed by atoms with van der Waals surface area (Å²) in [5.74, 6) is 0.483. The van der Waals surface area contributed by atoms with Gasteiger partial charge < -0.3 is 4.74 Å². The lowest BCUT2D eigenvalue weighted by Gasteiger charge is -2.39. The molecule has 2 nitrogen and oxygen atoms in total. The van der Waals surface area contributed by atoms with Gasteiger partial charge in [-0.15, -0.1) is 11.8 Å². The number of benzene rings is 1. The van der Waals surface area contributed by atoms with Gasteiger partial charge in [0.25, 0.3) is 0 Å². The van der Waals surface area contributed by atoms with Crippen LogP contribution in [0.3, 0.4) is 0 Å². The van der Waals surface area contributed by atoms with Crippen LogP contribution in [0.1, 0.15) is 19.3 Å². The molecule has 1 aromatic rings. The van der Waals surface area contributed by atoms with Crippen LogP contribution in [0.4, 0.5) is 0 Å². The van der Waals surface area contributed by atoms with Crippen molar-refractivity contribution in [1.29, 1.82) is 0 Å². The number of ketones is 1. The molecular weight excluding hydrogens is 256 g/mol. The van der Waals surface area contributed by atoms with E-state index in [0.29, 0.717) is 5.78 Å². The Balaban J connectivity index is 1.63. The molecule has 0 aromatic heterocycles. The van der Waals surface area contributed by atoms with E-state index >= 15 is 0 Å². The van der Waals surface area contributed by atoms with Crippen LogP contribution in [0.15, 0.2) is 47.4 Å². The van der Waals surface area contributed by atoms with E-state index in [1.165, 1.54) is 0 Å². The van der Waals surface area contributed by atoms with Gasteiger partial charge in [-0.05, 0) is 31.4 Å². The van der Waals surface area contributed by atoms with Crippen LogP contribution in [0.25, 0.3) is 0 Å². The highest BCUT2D eigenvalue weighted by atomic mass is 32.2. The van der Waals surface area contributed by atoms with Gasteiger partial charge in [-0.1, -0.05) is 30.4 Å². The van der Waals surface area contributed by atoms with Gasteiger partial charge in [-0.3, -0.25) is 4.79 Å². The van der Waals surface area contributed by atoms with Crippen LogP contribution in [0.2, 0.25) is 0 Å². The van der Waals surface area contributed by atoms with Gasteiger partial charge in [0.1, 0.15) is 0 Å². The van der Waals surface area contributed by atoms with E-state index in [1.807, 2.05) is 18.2 Å². The van der Waals surface area contributed by atoms with Crippen molar-refractivity contribution in [3.05, 3.63) is 42.5 Å². The van der Waals surface area contributed by atoms with Crippen molar-refractivity contribution in [3.63, 3.8) is 0 Å². The zero-order valence-electron chi connectivity index (χ0n) is 10.6. The molecule has 0 amide bonds. The lowest BCUT2D eigenvalue weighted by atomic mass is 9.85. The highest BCUT2D eigenvalue weighted by Gasteiger charge is 2.57. The standard InChI is InChI=1S/C16H16O2S/c17-14-12-7-4-9-16(12)10-8-13(18-16)15(14)19-11-5-2-1-3-6-11/h1-3,5-6,8,10,12-13,15H,4,7,9H2/t12-,13-,15?,16+/m0/s1. The molecule has 1 saturated heterocycles. The first-order chi connectivity index (χ1) is 9.28. The first-order valence-electron chi connectivity index (χ1n) is 6.91. The van der Waals surface area contributed by atoms with Crippen molar-refractivity contribution in [3.8, 4) is 0 Å². The number of thioether (sulfide) groups is 1. The second-order valence-electron chi connectivity index (χ2n) is 5.60. The summed E-state index contributed by atoms with van der Waals surface area (Å²) in [5, 5.41) is -0.0719. The molecule has 3 aliphatic rings. The minimum Gasteiger partial charge on any atom is -0.361 e. The fraction of sp³-hybridized carbons (Fsp3) is 0.438. The van der Waals surface area contributed by atoms with Crippen LogP contribution in [-0.2, 0) is 9.53 Å². The highest BCUT2D eigenvalue weighted by Crippen LogP contribution is 2.51. The first-order valence-corrected chi connectivity index (χ1v) is 7.79.